The fourth-order valence-electron chi connectivity index (χ4n) is 0.748. The van der Waals surface area contributed by atoms with Gasteiger partial charge in [-0.1, -0.05) is 0 Å². The van der Waals surface area contributed by atoms with Crippen LogP contribution in [-0.2, 0) is 4.57 Å². The Bertz CT molecular complexity index is 425. The van der Waals surface area contributed by atoms with Crippen molar-refractivity contribution in [2.24, 2.45) is 0 Å². The van der Waals surface area contributed by atoms with E-state index in [2.05, 4.69) is 4.98 Å². The summed E-state index contributed by atoms with van der Waals surface area (Å²) in [6.07, 6.45) is 1.23. The van der Waals surface area contributed by atoms with Gasteiger partial charge in [-0.3, -0.25) is 0 Å². The van der Waals surface area contributed by atoms with Gasteiger partial charge in [0.15, 0.2) is 5.69 Å². The van der Waals surface area contributed by atoms with Crippen LogP contribution in [0.4, 0.5) is 0 Å². The smallest absolute Gasteiger partial charge is 0.466 e. The number of pyridine rings is 1. The van der Waals surface area contributed by atoms with E-state index < -0.39 is 25.5 Å². The van der Waals surface area contributed by atoms with E-state index in [-0.39, 0.29) is 5.56 Å². The lowest BCUT2D eigenvalue weighted by Gasteiger charge is -1.97. The van der Waals surface area contributed by atoms with Crippen LogP contribution in [0.3, 0.4) is 0 Å². The molecule has 0 saturated carbocycles. The topological polar surface area (TPSA) is 165 Å². The van der Waals surface area contributed by atoms with Crippen LogP contribution in [0.2, 0.25) is 0 Å². The van der Waals surface area contributed by atoms with E-state index in [0.717, 1.165) is 0 Å². The maximum Gasteiger partial charge on any atom is 0.466 e. The second-order valence-electron chi connectivity index (χ2n) is 2.52. The molecule has 5 N–H and O–H groups in total. The first-order valence-electron chi connectivity index (χ1n) is 3.83. The van der Waals surface area contributed by atoms with E-state index >= 15 is 0 Å². The molecule has 0 amide bonds. The Hall–Kier alpha value is -1.80. The second-order valence-corrected chi connectivity index (χ2v) is 3.55. The Morgan fingerprint density at radius 2 is 1.59 bits per heavy atom. The van der Waals surface area contributed by atoms with Gasteiger partial charge < -0.3 is 24.9 Å². The number of carboxylic acids is 2. The summed E-state index contributed by atoms with van der Waals surface area (Å²) < 4.78 is 8.88. The molecule has 0 aliphatic rings. The first-order valence-corrected chi connectivity index (χ1v) is 5.39. The molecule has 1 rings (SSSR count). The summed E-state index contributed by atoms with van der Waals surface area (Å²) in [5.41, 5.74) is -0.741. The lowest BCUT2D eigenvalue weighted by molar-refractivity contribution is 0.0646. The molecule has 0 aliphatic carbocycles. The van der Waals surface area contributed by atoms with Crippen molar-refractivity contribution >= 4 is 19.8 Å². The van der Waals surface area contributed by atoms with Crippen molar-refractivity contribution in [1.29, 1.82) is 0 Å². The Morgan fingerprint density at radius 1 is 1.12 bits per heavy atom. The molecule has 17 heavy (non-hydrogen) atoms. The number of carboxylic acid groups (broad SMARTS) is 2. The van der Waals surface area contributed by atoms with E-state index in [0.29, 0.717) is 0 Å². The molecule has 0 unspecified atom stereocenters. The van der Waals surface area contributed by atoms with Crippen LogP contribution >= 0.6 is 7.82 Å². The zero-order valence-electron chi connectivity index (χ0n) is 8.09. The predicted octanol–water partition coefficient (Wildman–Crippen LogP) is -0.451. The molecule has 0 bridgehead atoms. The van der Waals surface area contributed by atoms with Crippen molar-refractivity contribution in [3.05, 3.63) is 29.6 Å². The van der Waals surface area contributed by atoms with Gasteiger partial charge in [0.2, 0.25) is 0 Å². The number of aromatic nitrogens is 1. The van der Waals surface area contributed by atoms with Gasteiger partial charge in [-0.15, -0.1) is 0 Å². The van der Waals surface area contributed by atoms with Crippen LogP contribution in [0.1, 0.15) is 20.8 Å². The van der Waals surface area contributed by atoms with Crippen molar-refractivity contribution in [2.45, 2.75) is 0 Å². The molecule has 94 valence electrons. The molecular formula is C7H8NO8P. The van der Waals surface area contributed by atoms with Crippen molar-refractivity contribution in [1.82, 2.24) is 4.98 Å². The molecular weight excluding hydrogens is 257 g/mol. The highest BCUT2D eigenvalue weighted by Crippen LogP contribution is 2.25. The molecule has 1 aromatic heterocycles. The van der Waals surface area contributed by atoms with Gasteiger partial charge in [0.05, 0.1) is 5.56 Å². The summed E-state index contributed by atoms with van der Waals surface area (Å²) in [5, 5.41) is 17.0. The van der Waals surface area contributed by atoms with Crippen molar-refractivity contribution in [2.75, 3.05) is 0 Å². The van der Waals surface area contributed by atoms with Crippen LogP contribution in [0.25, 0.3) is 0 Å². The fourth-order valence-corrected chi connectivity index (χ4v) is 0.748. The Kier molecular flexibility index (Phi) is 5.42. The standard InChI is InChI=1S/C7H5NO4.H3O4P/c9-6(10)4-2-1-3-8-5(4)7(11)12;1-5(2,3)4/h1-3H,(H,9,10)(H,11,12);(H3,1,2,3,4). The highest BCUT2D eigenvalue weighted by molar-refractivity contribution is 7.45. The van der Waals surface area contributed by atoms with Crippen molar-refractivity contribution < 1.29 is 39.0 Å². The number of aromatic carboxylic acids is 2. The Balaban J connectivity index is 0.000000437. The summed E-state index contributed by atoms with van der Waals surface area (Å²) >= 11 is 0. The van der Waals surface area contributed by atoms with E-state index in [4.69, 9.17) is 29.5 Å². The predicted molar refractivity (Wildman–Crippen MR) is 52.4 cm³/mol. The van der Waals surface area contributed by atoms with Gasteiger partial charge in [-0.05, 0) is 12.1 Å². The summed E-state index contributed by atoms with van der Waals surface area (Å²) in [4.78, 5) is 45.8. The van der Waals surface area contributed by atoms with Gasteiger partial charge in [0.1, 0.15) is 0 Å². The molecule has 0 saturated heterocycles. The number of rotatable bonds is 2. The highest BCUT2D eigenvalue weighted by atomic mass is 31.2. The Labute approximate surface area is 94.2 Å². The second kappa shape index (κ2) is 6.06. The maximum atomic E-state index is 10.4. The molecule has 0 fully saturated rings. The lowest BCUT2D eigenvalue weighted by Crippen LogP contribution is -2.09. The van der Waals surface area contributed by atoms with Gasteiger partial charge in [0.25, 0.3) is 0 Å². The number of hydrogen-bond acceptors (Lipinski definition) is 4. The van der Waals surface area contributed by atoms with Crippen LogP contribution in [0.5, 0.6) is 0 Å². The van der Waals surface area contributed by atoms with Gasteiger partial charge in [0, 0.05) is 6.20 Å². The third-order valence-corrected chi connectivity index (χ3v) is 1.24. The third-order valence-electron chi connectivity index (χ3n) is 1.24. The first kappa shape index (κ1) is 15.2. The fraction of sp³-hybridized carbons (Fsp3) is 0. The van der Waals surface area contributed by atoms with E-state index in [1.54, 1.807) is 0 Å². The molecule has 0 spiro atoms. The summed E-state index contributed by atoms with van der Waals surface area (Å²) in [7, 11) is -4.64. The zero-order chi connectivity index (χ0) is 13.6. The largest absolute Gasteiger partial charge is 0.478 e. The normalized spacial score (nSPS) is 10.1. The molecule has 0 aromatic carbocycles. The molecule has 0 radical (unpaired) electrons. The minimum absolute atomic E-state index is 0.301. The molecule has 10 heteroatoms. The Morgan fingerprint density at radius 3 is 1.88 bits per heavy atom. The monoisotopic (exact) mass is 265 g/mol. The quantitative estimate of drug-likeness (QED) is 0.445. The maximum absolute atomic E-state index is 10.4. The van der Waals surface area contributed by atoms with Gasteiger partial charge >= 0.3 is 19.8 Å². The van der Waals surface area contributed by atoms with Gasteiger partial charge in [-0.2, -0.15) is 0 Å². The first-order chi connectivity index (χ1) is 7.63. The highest BCUT2D eigenvalue weighted by Gasteiger charge is 2.15. The van der Waals surface area contributed by atoms with Gasteiger partial charge in [-0.25, -0.2) is 19.1 Å². The van der Waals surface area contributed by atoms with Crippen LogP contribution in [0, 0.1) is 0 Å². The average molecular weight is 265 g/mol. The molecule has 0 atom stereocenters. The number of nitrogens with zero attached hydrogens (tertiary/aromatic N) is 1. The van der Waals surface area contributed by atoms with Crippen LogP contribution in [0.15, 0.2) is 18.3 Å². The minimum Gasteiger partial charge on any atom is -0.478 e. The third kappa shape index (κ3) is 7.14. The van der Waals surface area contributed by atoms with E-state index in [9.17, 15) is 9.59 Å². The van der Waals surface area contributed by atoms with Crippen molar-refractivity contribution in [3.8, 4) is 0 Å². The van der Waals surface area contributed by atoms with Crippen LogP contribution < -0.4 is 0 Å². The summed E-state index contributed by atoms with van der Waals surface area (Å²) in [5.74, 6) is -2.63. The molecule has 1 aromatic rings. The lowest BCUT2D eigenvalue weighted by atomic mass is 10.2. The molecule has 9 nitrogen and oxygen atoms in total. The van der Waals surface area contributed by atoms with E-state index in [1.807, 2.05) is 0 Å². The number of phosphoric acid groups is 1. The number of hydrogen-bond donors (Lipinski definition) is 5. The summed E-state index contributed by atoms with van der Waals surface area (Å²) in [6.45, 7) is 0. The number of carbonyl (C=O) groups is 2. The minimum atomic E-state index is -4.64. The average Bonchev–Trinajstić information content (AvgIpc) is 2.15. The zero-order valence-corrected chi connectivity index (χ0v) is 8.98. The van der Waals surface area contributed by atoms with E-state index in [1.165, 1.54) is 18.3 Å². The van der Waals surface area contributed by atoms with Crippen LogP contribution in [-0.4, -0.2) is 41.8 Å². The molecule has 0 aliphatic heterocycles. The SMILES string of the molecule is O=C(O)c1cccnc1C(=O)O.O=P(O)(O)O. The van der Waals surface area contributed by atoms with Crippen molar-refractivity contribution in [3.63, 3.8) is 0 Å². The molecule has 1 heterocycles. The summed E-state index contributed by atoms with van der Waals surface area (Å²) in [6, 6.07) is 2.56.